The van der Waals surface area contributed by atoms with Crippen LogP contribution >= 0.6 is 0 Å². The fourth-order valence-corrected chi connectivity index (χ4v) is 2.51. The van der Waals surface area contributed by atoms with Gasteiger partial charge in [-0.1, -0.05) is 72.1 Å². The van der Waals surface area contributed by atoms with Crippen LogP contribution in [0.2, 0.25) is 0 Å². The summed E-state index contributed by atoms with van der Waals surface area (Å²) in [4.78, 5) is 0. The minimum Gasteiger partial charge on any atom is -0.142 e. The Bertz CT molecular complexity index is 227. The lowest BCUT2D eigenvalue weighted by Gasteiger charge is -2.25. The van der Waals surface area contributed by atoms with Crippen molar-refractivity contribution in [1.29, 1.82) is 0 Å². The summed E-state index contributed by atoms with van der Waals surface area (Å²) in [6, 6.07) is -0.419. The van der Waals surface area contributed by atoms with Crippen LogP contribution in [0.15, 0.2) is 0 Å². The van der Waals surface area contributed by atoms with Gasteiger partial charge in [0.2, 0.25) is 0 Å². The fourth-order valence-electron chi connectivity index (χ4n) is 2.51. The predicted molar refractivity (Wildman–Crippen MR) is 91.5 cm³/mol. The highest BCUT2D eigenvalue weighted by molar-refractivity contribution is 4.79. The zero-order valence-corrected chi connectivity index (χ0v) is 15.0. The molecule has 1 unspecified atom stereocenters. The number of unbranched alkanes of at least 4 members (excludes halogenated alkanes) is 7. The molecule has 0 aromatic heterocycles. The largest absolute Gasteiger partial charge is 0.142 e. The van der Waals surface area contributed by atoms with E-state index >= 15 is 0 Å². The van der Waals surface area contributed by atoms with E-state index in [2.05, 4.69) is 20.8 Å². The molecule has 0 aliphatic heterocycles. The van der Waals surface area contributed by atoms with E-state index in [-0.39, 0.29) is 0 Å². The van der Waals surface area contributed by atoms with Gasteiger partial charge in [-0.25, -0.2) is 0 Å². The standard InChI is InChI=1S/C18H37F2N2/c1-4-7-10-12-15-21(19)17-18(14-9-6-3)22(20)16-13-11-8-5-2/h17-18H,4-16H2,1-3H3. The van der Waals surface area contributed by atoms with Gasteiger partial charge in [-0.05, 0) is 19.3 Å². The van der Waals surface area contributed by atoms with Crippen LogP contribution in [-0.4, -0.2) is 29.4 Å². The van der Waals surface area contributed by atoms with Gasteiger partial charge in [0.15, 0.2) is 0 Å². The molecule has 0 aliphatic carbocycles. The van der Waals surface area contributed by atoms with Crippen molar-refractivity contribution in [3.8, 4) is 0 Å². The molecule has 0 aromatic carbocycles. The second-order valence-corrected chi connectivity index (χ2v) is 6.23. The van der Waals surface area contributed by atoms with Gasteiger partial charge >= 0.3 is 0 Å². The molecular formula is C18H37F2N2. The molecule has 0 aromatic rings. The van der Waals surface area contributed by atoms with Gasteiger partial charge in [0, 0.05) is 13.1 Å². The molecule has 0 fully saturated rings. The molecule has 0 N–H and O–H groups in total. The Morgan fingerprint density at radius 1 is 0.727 bits per heavy atom. The van der Waals surface area contributed by atoms with Crippen LogP contribution in [0.3, 0.4) is 0 Å². The third kappa shape index (κ3) is 12.3. The number of nitrogens with zero attached hydrogens (tertiary/aromatic N) is 2. The SMILES string of the molecule is CCCCCCN(F)[CH]C(CCCC)N(F)CCCCCC. The Morgan fingerprint density at radius 2 is 1.27 bits per heavy atom. The molecule has 0 rings (SSSR count). The van der Waals surface area contributed by atoms with Crippen LogP contribution in [0.5, 0.6) is 0 Å². The Labute approximate surface area is 137 Å². The number of hydrogen-bond acceptors (Lipinski definition) is 2. The predicted octanol–water partition coefficient (Wildman–Crippen LogP) is 6.24. The first-order chi connectivity index (χ1) is 10.7. The Balaban J connectivity index is 4.07. The Morgan fingerprint density at radius 3 is 1.82 bits per heavy atom. The molecule has 4 heteroatoms. The molecule has 0 aliphatic rings. The molecule has 1 radical (unpaired) electrons. The molecule has 0 spiro atoms. The Kier molecular flexibility index (Phi) is 15.5. The topological polar surface area (TPSA) is 6.48 Å². The van der Waals surface area contributed by atoms with Gasteiger partial charge in [0.05, 0.1) is 12.6 Å². The average molecular weight is 320 g/mol. The maximum Gasteiger partial charge on any atom is 0.0781 e. The van der Waals surface area contributed by atoms with Crippen molar-refractivity contribution in [3.63, 3.8) is 0 Å². The number of hydrogen-bond donors (Lipinski definition) is 0. The first-order valence-electron chi connectivity index (χ1n) is 9.35. The van der Waals surface area contributed by atoms with Crippen molar-refractivity contribution in [2.24, 2.45) is 0 Å². The first-order valence-corrected chi connectivity index (χ1v) is 9.35. The molecular weight excluding hydrogens is 282 g/mol. The molecule has 1 atom stereocenters. The van der Waals surface area contributed by atoms with Gasteiger partial charge in [-0.2, -0.15) is 0 Å². The minimum absolute atomic E-state index is 0.381. The second-order valence-electron chi connectivity index (χ2n) is 6.23. The quantitative estimate of drug-likeness (QED) is 0.245. The van der Waals surface area contributed by atoms with Crippen molar-refractivity contribution >= 4 is 0 Å². The van der Waals surface area contributed by atoms with E-state index in [4.69, 9.17) is 0 Å². The van der Waals surface area contributed by atoms with E-state index in [1.807, 2.05) is 0 Å². The number of halogens is 2. The average Bonchev–Trinajstić information content (AvgIpc) is 2.52. The van der Waals surface area contributed by atoms with Gasteiger partial charge in [-0.15, -0.1) is 19.2 Å². The van der Waals surface area contributed by atoms with E-state index in [0.29, 0.717) is 24.6 Å². The molecule has 133 valence electrons. The summed E-state index contributed by atoms with van der Waals surface area (Å²) in [5.74, 6) is 0. The lowest BCUT2D eigenvalue weighted by molar-refractivity contribution is -0.0495. The van der Waals surface area contributed by atoms with Crippen LogP contribution in [0.1, 0.15) is 91.4 Å². The van der Waals surface area contributed by atoms with Gasteiger partial charge in [-0.3, -0.25) is 0 Å². The highest BCUT2D eigenvalue weighted by Gasteiger charge is 2.21. The van der Waals surface area contributed by atoms with Crippen LogP contribution < -0.4 is 0 Å². The van der Waals surface area contributed by atoms with Crippen molar-refractivity contribution in [2.45, 2.75) is 97.4 Å². The van der Waals surface area contributed by atoms with Gasteiger partial charge in [0.25, 0.3) is 0 Å². The van der Waals surface area contributed by atoms with Crippen LogP contribution in [0.25, 0.3) is 0 Å². The van der Waals surface area contributed by atoms with Crippen LogP contribution in [-0.2, 0) is 0 Å². The van der Waals surface area contributed by atoms with Crippen molar-refractivity contribution in [1.82, 2.24) is 10.2 Å². The summed E-state index contributed by atoms with van der Waals surface area (Å²) in [5, 5.41) is 1.54. The third-order valence-corrected chi connectivity index (χ3v) is 4.00. The van der Waals surface area contributed by atoms with Gasteiger partial charge < -0.3 is 0 Å². The Hall–Kier alpha value is -0.220. The lowest BCUT2D eigenvalue weighted by atomic mass is 10.1. The number of rotatable bonds is 16. The zero-order chi connectivity index (χ0) is 16.6. The van der Waals surface area contributed by atoms with Crippen molar-refractivity contribution < 1.29 is 8.96 Å². The summed E-state index contributed by atoms with van der Waals surface area (Å²) in [5.41, 5.74) is 0. The molecule has 0 saturated heterocycles. The molecule has 0 heterocycles. The normalized spacial score (nSPS) is 13.2. The third-order valence-electron chi connectivity index (χ3n) is 4.00. The molecule has 0 bridgehead atoms. The molecule has 0 amide bonds. The smallest absolute Gasteiger partial charge is 0.0781 e. The van der Waals surface area contributed by atoms with Crippen LogP contribution in [0.4, 0.5) is 8.96 Å². The maximum absolute atomic E-state index is 14.2. The second kappa shape index (κ2) is 15.7. The summed E-state index contributed by atoms with van der Waals surface area (Å²) in [7, 11) is 0. The highest BCUT2D eigenvalue weighted by Crippen LogP contribution is 2.17. The van der Waals surface area contributed by atoms with E-state index in [9.17, 15) is 8.96 Å². The monoisotopic (exact) mass is 319 g/mol. The molecule has 22 heavy (non-hydrogen) atoms. The highest BCUT2D eigenvalue weighted by atomic mass is 19.2. The zero-order valence-electron chi connectivity index (χ0n) is 15.0. The van der Waals surface area contributed by atoms with Gasteiger partial charge in [0.1, 0.15) is 0 Å². The maximum atomic E-state index is 14.2. The summed E-state index contributed by atoms with van der Waals surface area (Å²) in [6.07, 6.45) is 11.0. The van der Waals surface area contributed by atoms with E-state index in [0.717, 1.165) is 69.3 Å². The van der Waals surface area contributed by atoms with E-state index < -0.39 is 6.04 Å². The molecule has 2 nitrogen and oxygen atoms in total. The minimum atomic E-state index is -0.419. The summed E-state index contributed by atoms with van der Waals surface area (Å²) >= 11 is 0. The summed E-state index contributed by atoms with van der Waals surface area (Å²) < 4.78 is 28.1. The molecule has 0 saturated carbocycles. The van der Waals surface area contributed by atoms with Crippen LogP contribution in [0, 0.1) is 6.54 Å². The van der Waals surface area contributed by atoms with Crippen molar-refractivity contribution in [3.05, 3.63) is 6.54 Å². The van der Waals surface area contributed by atoms with Crippen molar-refractivity contribution in [2.75, 3.05) is 13.1 Å². The van der Waals surface area contributed by atoms with E-state index in [1.54, 1.807) is 0 Å². The van der Waals surface area contributed by atoms with E-state index in [1.165, 1.54) is 6.54 Å². The lowest BCUT2D eigenvalue weighted by Crippen LogP contribution is -2.34. The fraction of sp³-hybridized carbons (Fsp3) is 0.944. The summed E-state index contributed by atoms with van der Waals surface area (Å²) in [6.45, 7) is 8.60. The first kappa shape index (κ1) is 21.8.